The summed E-state index contributed by atoms with van der Waals surface area (Å²) in [5.41, 5.74) is 1.88. The van der Waals surface area contributed by atoms with E-state index in [-0.39, 0.29) is 17.6 Å². The standard InChI is InChI=1S/C25H29NO5/c1-16-14-26(15-17(2)30-16)11-12-29-21-9-10-22-23(13-21)31-18(3)24(25(22)27)19-5-7-20(28-4)8-6-19/h5-10,13,16-17H,11-12,14-15H2,1-4H3/p+1/t16-,17+. The fourth-order valence-electron chi connectivity index (χ4n) is 4.37. The second kappa shape index (κ2) is 9.12. The van der Waals surface area contributed by atoms with Crippen LogP contribution in [-0.4, -0.2) is 45.6 Å². The molecule has 1 saturated heterocycles. The van der Waals surface area contributed by atoms with Crippen molar-refractivity contribution in [3.05, 3.63) is 58.4 Å². The van der Waals surface area contributed by atoms with Gasteiger partial charge in [-0.2, -0.15) is 0 Å². The number of methoxy groups -OCH3 is 1. The molecule has 6 nitrogen and oxygen atoms in total. The van der Waals surface area contributed by atoms with E-state index in [1.165, 1.54) is 4.90 Å². The van der Waals surface area contributed by atoms with Gasteiger partial charge in [0.05, 0.1) is 18.1 Å². The summed E-state index contributed by atoms with van der Waals surface area (Å²) in [6, 6.07) is 12.9. The minimum Gasteiger partial charge on any atom is -0.497 e. The molecular formula is C25H30NO5+. The molecule has 0 radical (unpaired) electrons. The quantitative estimate of drug-likeness (QED) is 0.659. The Morgan fingerprint density at radius 3 is 2.39 bits per heavy atom. The molecule has 0 spiro atoms. The Kier molecular flexibility index (Phi) is 6.30. The monoisotopic (exact) mass is 424 g/mol. The van der Waals surface area contributed by atoms with Crippen LogP contribution in [-0.2, 0) is 4.74 Å². The SMILES string of the molecule is COc1ccc(-c2c(C)oc3cc(OCC[NH+]4C[C@@H](C)O[C@@H](C)C4)ccc3c2=O)cc1. The second-order valence-electron chi connectivity index (χ2n) is 8.26. The average molecular weight is 425 g/mol. The van der Waals surface area contributed by atoms with Gasteiger partial charge >= 0.3 is 0 Å². The van der Waals surface area contributed by atoms with E-state index in [9.17, 15) is 4.79 Å². The molecule has 1 aliphatic heterocycles. The maximum Gasteiger partial charge on any atom is 0.200 e. The fourth-order valence-corrected chi connectivity index (χ4v) is 4.37. The molecule has 0 amide bonds. The smallest absolute Gasteiger partial charge is 0.200 e. The van der Waals surface area contributed by atoms with Gasteiger partial charge in [-0.1, -0.05) is 12.1 Å². The van der Waals surface area contributed by atoms with Crippen LogP contribution in [0.2, 0.25) is 0 Å². The first-order valence-corrected chi connectivity index (χ1v) is 10.8. The highest BCUT2D eigenvalue weighted by atomic mass is 16.5. The van der Waals surface area contributed by atoms with Gasteiger partial charge in [0, 0.05) is 6.07 Å². The highest BCUT2D eigenvalue weighted by Crippen LogP contribution is 2.27. The van der Waals surface area contributed by atoms with E-state index in [1.807, 2.05) is 37.3 Å². The van der Waals surface area contributed by atoms with Gasteiger partial charge in [0.15, 0.2) is 0 Å². The maximum atomic E-state index is 13.2. The largest absolute Gasteiger partial charge is 0.497 e. The third-order valence-electron chi connectivity index (χ3n) is 5.76. The van der Waals surface area contributed by atoms with Gasteiger partial charge in [0.1, 0.15) is 61.3 Å². The lowest BCUT2D eigenvalue weighted by atomic mass is 10.0. The summed E-state index contributed by atoms with van der Waals surface area (Å²) < 4.78 is 23.0. The summed E-state index contributed by atoms with van der Waals surface area (Å²) >= 11 is 0. The molecular weight excluding hydrogens is 394 g/mol. The van der Waals surface area contributed by atoms with E-state index in [1.54, 1.807) is 19.2 Å². The zero-order valence-electron chi connectivity index (χ0n) is 18.6. The van der Waals surface area contributed by atoms with Gasteiger partial charge < -0.3 is 23.5 Å². The number of hydrogen-bond acceptors (Lipinski definition) is 5. The lowest BCUT2D eigenvalue weighted by molar-refractivity contribution is -0.915. The van der Waals surface area contributed by atoms with Crippen molar-refractivity contribution < 1.29 is 23.5 Å². The summed E-state index contributed by atoms with van der Waals surface area (Å²) in [4.78, 5) is 14.6. The normalized spacial score (nSPS) is 21.2. The molecule has 31 heavy (non-hydrogen) atoms. The number of nitrogens with one attached hydrogen (secondary N) is 1. The predicted molar refractivity (Wildman–Crippen MR) is 120 cm³/mol. The van der Waals surface area contributed by atoms with Crippen molar-refractivity contribution in [2.24, 2.45) is 0 Å². The van der Waals surface area contributed by atoms with Crippen molar-refractivity contribution in [2.45, 2.75) is 33.0 Å². The van der Waals surface area contributed by atoms with Crippen molar-refractivity contribution in [1.82, 2.24) is 0 Å². The van der Waals surface area contributed by atoms with E-state index >= 15 is 0 Å². The van der Waals surface area contributed by atoms with Gasteiger partial charge in [-0.05, 0) is 50.6 Å². The Bertz CT molecular complexity index is 1100. The Labute approximate surface area is 182 Å². The lowest BCUT2D eigenvalue weighted by Crippen LogP contribution is -3.16. The van der Waals surface area contributed by atoms with Crippen LogP contribution in [0.1, 0.15) is 19.6 Å². The van der Waals surface area contributed by atoms with Crippen molar-refractivity contribution in [3.63, 3.8) is 0 Å². The maximum absolute atomic E-state index is 13.2. The van der Waals surface area contributed by atoms with Crippen molar-refractivity contribution in [2.75, 3.05) is 33.4 Å². The van der Waals surface area contributed by atoms with Crippen LogP contribution in [0.4, 0.5) is 0 Å². The number of hydrogen-bond donors (Lipinski definition) is 1. The Balaban J connectivity index is 1.51. The number of aryl methyl sites for hydroxylation is 1. The molecule has 1 N–H and O–H groups in total. The number of benzene rings is 2. The molecule has 3 aromatic rings. The molecule has 6 heteroatoms. The third-order valence-corrected chi connectivity index (χ3v) is 5.76. The summed E-state index contributed by atoms with van der Waals surface area (Å²) in [6.45, 7) is 9.55. The van der Waals surface area contributed by atoms with Crippen molar-refractivity contribution in [3.8, 4) is 22.6 Å². The topological polar surface area (TPSA) is 62.3 Å². The zero-order chi connectivity index (χ0) is 22.0. The minimum atomic E-state index is -0.0452. The average Bonchev–Trinajstić information content (AvgIpc) is 2.73. The first-order chi connectivity index (χ1) is 14.9. The van der Waals surface area contributed by atoms with E-state index in [2.05, 4.69) is 13.8 Å². The van der Waals surface area contributed by atoms with E-state index < -0.39 is 0 Å². The summed E-state index contributed by atoms with van der Waals surface area (Å²) in [5.74, 6) is 2.04. The molecule has 0 aliphatic carbocycles. The van der Waals surface area contributed by atoms with Crippen LogP contribution < -0.4 is 19.8 Å². The zero-order valence-corrected chi connectivity index (χ0v) is 18.6. The molecule has 0 bridgehead atoms. The van der Waals surface area contributed by atoms with E-state index in [0.717, 1.165) is 30.9 Å². The molecule has 0 saturated carbocycles. The molecule has 2 heterocycles. The first kappa shape index (κ1) is 21.4. The third kappa shape index (κ3) is 4.75. The Morgan fingerprint density at radius 1 is 1.03 bits per heavy atom. The highest BCUT2D eigenvalue weighted by Gasteiger charge is 2.25. The number of rotatable bonds is 6. The van der Waals surface area contributed by atoms with Gasteiger partial charge in [-0.15, -0.1) is 0 Å². The minimum absolute atomic E-state index is 0.0452. The first-order valence-electron chi connectivity index (χ1n) is 10.8. The fraction of sp³-hybridized carbons (Fsp3) is 0.400. The second-order valence-corrected chi connectivity index (χ2v) is 8.26. The highest BCUT2D eigenvalue weighted by molar-refractivity contribution is 5.83. The van der Waals surface area contributed by atoms with E-state index in [4.69, 9.17) is 18.6 Å². The van der Waals surface area contributed by atoms with Gasteiger partial charge in [0.2, 0.25) is 5.43 Å². The number of fused-ring (bicyclic) bond motifs is 1. The molecule has 164 valence electrons. The van der Waals surface area contributed by atoms with Crippen LogP contribution in [0, 0.1) is 6.92 Å². The lowest BCUT2D eigenvalue weighted by Gasteiger charge is -2.32. The molecule has 4 rings (SSSR count). The van der Waals surface area contributed by atoms with Crippen LogP contribution in [0.25, 0.3) is 22.1 Å². The number of morpholine rings is 1. The van der Waals surface area contributed by atoms with Gasteiger partial charge in [-0.25, -0.2) is 0 Å². The van der Waals surface area contributed by atoms with Gasteiger partial charge in [-0.3, -0.25) is 4.79 Å². The molecule has 1 aliphatic rings. The molecule has 2 aromatic carbocycles. The Morgan fingerprint density at radius 2 is 1.71 bits per heavy atom. The predicted octanol–water partition coefficient (Wildman–Crippen LogP) is 2.85. The number of quaternary nitrogens is 1. The summed E-state index contributed by atoms with van der Waals surface area (Å²) in [7, 11) is 1.62. The Hall–Kier alpha value is -2.83. The molecule has 1 unspecified atom stereocenters. The number of ether oxygens (including phenoxy) is 3. The van der Waals surface area contributed by atoms with Crippen molar-refractivity contribution >= 4 is 11.0 Å². The van der Waals surface area contributed by atoms with Crippen LogP contribution in [0.5, 0.6) is 11.5 Å². The molecule has 1 aromatic heterocycles. The van der Waals surface area contributed by atoms with Gasteiger partial charge in [0.25, 0.3) is 0 Å². The summed E-state index contributed by atoms with van der Waals surface area (Å²) in [6.07, 6.45) is 0.549. The van der Waals surface area contributed by atoms with Crippen LogP contribution in [0.15, 0.2) is 51.7 Å². The van der Waals surface area contributed by atoms with Crippen LogP contribution in [0.3, 0.4) is 0 Å². The van der Waals surface area contributed by atoms with E-state index in [0.29, 0.717) is 34.6 Å². The molecule has 3 atom stereocenters. The summed E-state index contributed by atoms with van der Waals surface area (Å²) in [5, 5.41) is 0.547. The molecule has 1 fully saturated rings. The van der Waals surface area contributed by atoms with Crippen molar-refractivity contribution in [1.29, 1.82) is 0 Å². The van der Waals surface area contributed by atoms with Crippen LogP contribution >= 0.6 is 0 Å².